The number of nitro groups is 1. The fourth-order valence-corrected chi connectivity index (χ4v) is 2.90. The highest BCUT2D eigenvalue weighted by molar-refractivity contribution is 5.91. The first-order chi connectivity index (χ1) is 16.0. The molecule has 0 radical (unpaired) electrons. The Morgan fingerprint density at radius 2 is 1.73 bits per heavy atom. The number of hydrazone groups is 1. The Hall–Kier alpha value is -4.73. The Balaban J connectivity index is 1.29. The van der Waals surface area contributed by atoms with E-state index in [0.717, 1.165) is 0 Å². The van der Waals surface area contributed by atoms with E-state index in [1.165, 1.54) is 30.5 Å². The highest BCUT2D eigenvalue weighted by Gasteiger charge is 2.27. The Morgan fingerprint density at radius 3 is 2.42 bits per heavy atom. The zero-order valence-corrected chi connectivity index (χ0v) is 17.0. The largest absolute Gasteiger partial charge is 0.485 e. The van der Waals surface area contributed by atoms with Crippen molar-refractivity contribution in [3.05, 3.63) is 94.0 Å². The van der Waals surface area contributed by atoms with Crippen LogP contribution in [0.1, 0.15) is 15.9 Å². The number of fused-ring (bicyclic) bond motifs is 1. The average molecular weight is 447 g/mol. The van der Waals surface area contributed by atoms with E-state index in [-0.39, 0.29) is 23.6 Å². The number of nitro benzene ring substituents is 1. The van der Waals surface area contributed by atoms with Crippen LogP contribution in [0, 0.1) is 10.1 Å². The lowest BCUT2D eigenvalue weighted by molar-refractivity contribution is -0.384. The molecule has 0 bridgehead atoms. The van der Waals surface area contributed by atoms with Crippen molar-refractivity contribution in [1.82, 2.24) is 5.43 Å². The molecule has 0 aliphatic carbocycles. The second kappa shape index (κ2) is 9.60. The van der Waals surface area contributed by atoms with Crippen molar-refractivity contribution in [3.63, 3.8) is 0 Å². The smallest absolute Gasteiger partial charge is 0.343 e. The summed E-state index contributed by atoms with van der Waals surface area (Å²) < 4.78 is 16.4. The van der Waals surface area contributed by atoms with Crippen molar-refractivity contribution in [2.75, 3.05) is 6.61 Å². The molecule has 10 nitrogen and oxygen atoms in total. The molecule has 3 aromatic carbocycles. The number of para-hydroxylation sites is 2. The fourth-order valence-electron chi connectivity index (χ4n) is 2.90. The van der Waals surface area contributed by atoms with Crippen LogP contribution >= 0.6 is 0 Å². The van der Waals surface area contributed by atoms with Gasteiger partial charge in [-0.15, -0.1) is 0 Å². The number of non-ortho nitro benzene ring substituents is 1. The van der Waals surface area contributed by atoms with Crippen LogP contribution in [-0.2, 0) is 4.79 Å². The monoisotopic (exact) mass is 447 g/mol. The van der Waals surface area contributed by atoms with E-state index in [1.54, 1.807) is 42.5 Å². The maximum absolute atomic E-state index is 12.2. The third-order valence-corrected chi connectivity index (χ3v) is 4.59. The second-order valence-corrected chi connectivity index (χ2v) is 6.86. The van der Waals surface area contributed by atoms with Crippen molar-refractivity contribution in [2.24, 2.45) is 5.10 Å². The van der Waals surface area contributed by atoms with Crippen molar-refractivity contribution in [3.8, 4) is 17.2 Å². The van der Waals surface area contributed by atoms with Crippen molar-refractivity contribution < 1.29 is 28.7 Å². The average Bonchev–Trinajstić information content (AvgIpc) is 2.84. The number of rotatable bonds is 6. The van der Waals surface area contributed by atoms with Crippen molar-refractivity contribution in [1.29, 1.82) is 0 Å². The number of benzene rings is 3. The summed E-state index contributed by atoms with van der Waals surface area (Å²) in [5.41, 5.74) is 3.12. The molecule has 33 heavy (non-hydrogen) atoms. The van der Waals surface area contributed by atoms with Gasteiger partial charge in [-0.2, -0.15) is 5.10 Å². The molecule has 0 fully saturated rings. The molecule has 166 valence electrons. The van der Waals surface area contributed by atoms with E-state index in [0.29, 0.717) is 17.1 Å². The van der Waals surface area contributed by atoms with Crippen LogP contribution in [0.3, 0.4) is 0 Å². The number of esters is 1. The van der Waals surface area contributed by atoms with E-state index in [2.05, 4.69) is 10.5 Å². The Bertz CT molecular complexity index is 1210. The van der Waals surface area contributed by atoms with Gasteiger partial charge < -0.3 is 14.2 Å². The van der Waals surface area contributed by atoms with E-state index in [9.17, 15) is 19.7 Å². The Labute approximate surface area is 187 Å². The number of ether oxygens (including phenoxy) is 3. The number of nitrogens with zero attached hydrogens (tertiary/aromatic N) is 2. The van der Waals surface area contributed by atoms with Gasteiger partial charge in [0.05, 0.1) is 16.7 Å². The molecular weight excluding hydrogens is 430 g/mol. The number of hydrogen-bond acceptors (Lipinski definition) is 8. The SMILES string of the molecule is O=C(Oc1ccc(/C=N/NC(=O)C2COc3ccccc3O2)cc1)c1ccc([N+](=O)[O-])cc1. The molecule has 1 amide bonds. The topological polar surface area (TPSA) is 129 Å². The van der Waals surface area contributed by atoms with E-state index < -0.39 is 22.9 Å². The van der Waals surface area contributed by atoms with Crippen LogP contribution in [0.15, 0.2) is 77.9 Å². The molecule has 1 heterocycles. The van der Waals surface area contributed by atoms with Crippen LogP contribution in [-0.4, -0.2) is 35.7 Å². The highest BCUT2D eigenvalue weighted by Crippen LogP contribution is 2.30. The summed E-state index contributed by atoms with van der Waals surface area (Å²) >= 11 is 0. The molecule has 1 N–H and O–H groups in total. The third-order valence-electron chi connectivity index (χ3n) is 4.59. The molecule has 1 aliphatic rings. The van der Waals surface area contributed by atoms with Gasteiger partial charge in [-0.1, -0.05) is 12.1 Å². The minimum absolute atomic E-state index is 0.0766. The van der Waals surface area contributed by atoms with Crippen LogP contribution in [0.5, 0.6) is 17.2 Å². The van der Waals surface area contributed by atoms with Gasteiger partial charge in [0.25, 0.3) is 11.6 Å². The van der Waals surface area contributed by atoms with Gasteiger partial charge in [0.1, 0.15) is 12.4 Å². The molecule has 4 rings (SSSR count). The van der Waals surface area contributed by atoms with Gasteiger partial charge in [0.15, 0.2) is 11.5 Å². The summed E-state index contributed by atoms with van der Waals surface area (Å²) in [5.74, 6) is 0.265. The molecular formula is C23H17N3O7. The molecule has 0 aromatic heterocycles. The lowest BCUT2D eigenvalue weighted by Crippen LogP contribution is -2.42. The van der Waals surface area contributed by atoms with Gasteiger partial charge >= 0.3 is 5.97 Å². The first-order valence-corrected chi connectivity index (χ1v) is 9.78. The summed E-state index contributed by atoms with van der Waals surface area (Å²) in [6, 6.07) is 18.6. The summed E-state index contributed by atoms with van der Waals surface area (Å²) in [6.45, 7) is 0.0766. The quantitative estimate of drug-likeness (QED) is 0.202. The second-order valence-electron chi connectivity index (χ2n) is 6.86. The Morgan fingerprint density at radius 1 is 1.03 bits per heavy atom. The van der Waals surface area contributed by atoms with Gasteiger partial charge in [0.2, 0.25) is 6.10 Å². The fraction of sp³-hybridized carbons (Fsp3) is 0.0870. The Kier molecular flexibility index (Phi) is 6.26. The van der Waals surface area contributed by atoms with Crippen LogP contribution in [0.2, 0.25) is 0 Å². The van der Waals surface area contributed by atoms with Gasteiger partial charge in [-0.3, -0.25) is 14.9 Å². The number of nitrogens with one attached hydrogen (secondary N) is 1. The molecule has 0 saturated carbocycles. The number of carbonyl (C=O) groups excluding carboxylic acids is 2. The van der Waals surface area contributed by atoms with E-state index in [4.69, 9.17) is 14.2 Å². The van der Waals surface area contributed by atoms with Gasteiger partial charge in [-0.25, -0.2) is 10.2 Å². The normalized spacial score (nSPS) is 14.5. The first kappa shape index (κ1) is 21.5. The summed E-state index contributed by atoms with van der Waals surface area (Å²) in [4.78, 5) is 34.5. The lowest BCUT2D eigenvalue weighted by Gasteiger charge is -2.24. The molecule has 0 saturated heterocycles. The van der Waals surface area contributed by atoms with Gasteiger partial charge in [-0.05, 0) is 54.1 Å². The molecule has 10 heteroatoms. The van der Waals surface area contributed by atoms with Crippen LogP contribution in [0.25, 0.3) is 0 Å². The van der Waals surface area contributed by atoms with Crippen molar-refractivity contribution in [2.45, 2.75) is 6.10 Å². The predicted molar refractivity (Wildman–Crippen MR) is 117 cm³/mol. The first-order valence-electron chi connectivity index (χ1n) is 9.78. The minimum Gasteiger partial charge on any atom is -0.485 e. The third kappa shape index (κ3) is 5.31. The lowest BCUT2D eigenvalue weighted by atomic mass is 10.2. The highest BCUT2D eigenvalue weighted by atomic mass is 16.6. The maximum Gasteiger partial charge on any atom is 0.343 e. The molecule has 1 aliphatic heterocycles. The molecule has 1 atom stereocenters. The standard InChI is InChI=1S/C23H17N3O7/c27-22(21-14-31-19-3-1-2-4-20(19)33-21)25-24-13-15-5-11-18(12-6-15)32-23(28)16-7-9-17(10-8-16)26(29)30/h1-13,21H,14H2,(H,25,27)/b24-13+. The zero-order valence-electron chi connectivity index (χ0n) is 17.0. The molecule has 1 unspecified atom stereocenters. The van der Waals surface area contributed by atoms with E-state index in [1.807, 2.05) is 6.07 Å². The predicted octanol–water partition coefficient (Wildman–Crippen LogP) is 3.10. The summed E-state index contributed by atoms with van der Waals surface area (Å²) in [5, 5.41) is 14.6. The zero-order chi connectivity index (χ0) is 23.2. The molecule has 3 aromatic rings. The minimum atomic E-state index is -0.821. The van der Waals surface area contributed by atoms with Crippen LogP contribution in [0.4, 0.5) is 5.69 Å². The van der Waals surface area contributed by atoms with Gasteiger partial charge in [0, 0.05) is 12.1 Å². The number of carbonyl (C=O) groups is 2. The summed E-state index contributed by atoms with van der Waals surface area (Å²) in [6.07, 6.45) is 0.607. The maximum atomic E-state index is 12.2. The van der Waals surface area contributed by atoms with Crippen LogP contribution < -0.4 is 19.6 Å². The summed E-state index contributed by atoms with van der Waals surface area (Å²) in [7, 11) is 0. The molecule has 0 spiro atoms. The van der Waals surface area contributed by atoms with Crippen molar-refractivity contribution >= 4 is 23.8 Å². The number of amides is 1. The number of hydrogen-bond donors (Lipinski definition) is 1. The van der Waals surface area contributed by atoms with E-state index >= 15 is 0 Å².